The first-order valence-corrected chi connectivity index (χ1v) is 11.0. The number of piperidine rings is 1. The first-order valence-electron chi connectivity index (χ1n) is 11.0. The summed E-state index contributed by atoms with van der Waals surface area (Å²) in [6.45, 7) is 13.0. The van der Waals surface area contributed by atoms with E-state index >= 15 is 0 Å². The molecule has 1 saturated heterocycles. The Labute approximate surface area is 198 Å². The molecule has 0 aromatic heterocycles. The first kappa shape index (κ1) is 26.5. The molecule has 1 aromatic rings. The normalized spacial score (nSPS) is 15.1. The molecule has 0 saturated carbocycles. The molecule has 0 unspecified atom stereocenters. The van der Waals surface area contributed by atoms with Crippen LogP contribution in [0.15, 0.2) is 17.1 Å². The number of aromatic hydroxyl groups is 1. The first-order chi connectivity index (χ1) is 13.9. The number of carbonyl (C=O) groups is 1. The minimum atomic E-state index is 0. The summed E-state index contributed by atoms with van der Waals surface area (Å²) < 4.78 is 0. The number of rotatable bonds is 7. The molecule has 3 N–H and O–H groups in total. The molecule has 1 amide bonds. The van der Waals surface area contributed by atoms with Gasteiger partial charge < -0.3 is 20.6 Å². The molecule has 0 aliphatic carbocycles. The molecular formula is C23H39IN4O2. The Bertz CT molecular complexity index is 688. The zero-order chi connectivity index (χ0) is 21.4. The predicted molar refractivity (Wildman–Crippen MR) is 135 cm³/mol. The lowest BCUT2D eigenvalue weighted by Gasteiger charge is -2.34. The minimum absolute atomic E-state index is 0. The highest BCUT2D eigenvalue weighted by Gasteiger charge is 2.26. The lowest BCUT2D eigenvalue weighted by atomic mass is 9.98. The van der Waals surface area contributed by atoms with Crippen LogP contribution >= 0.6 is 24.0 Å². The van der Waals surface area contributed by atoms with Gasteiger partial charge in [-0.05, 0) is 63.1 Å². The highest BCUT2D eigenvalue weighted by Crippen LogP contribution is 2.23. The summed E-state index contributed by atoms with van der Waals surface area (Å²) in [7, 11) is 0. The maximum Gasteiger partial charge on any atom is 0.225 e. The van der Waals surface area contributed by atoms with Crippen molar-refractivity contribution in [3.63, 3.8) is 0 Å². The third-order valence-corrected chi connectivity index (χ3v) is 5.80. The van der Waals surface area contributed by atoms with Crippen molar-refractivity contribution in [1.82, 2.24) is 15.5 Å². The van der Waals surface area contributed by atoms with Gasteiger partial charge in [0.1, 0.15) is 5.75 Å². The molecule has 1 aromatic carbocycles. The van der Waals surface area contributed by atoms with Crippen molar-refractivity contribution in [3.8, 4) is 5.75 Å². The van der Waals surface area contributed by atoms with E-state index in [1.54, 1.807) is 0 Å². The molecule has 1 fully saturated rings. The van der Waals surface area contributed by atoms with E-state index in [1.807, 2.05) is 30.9 Å². The van der Waals surface area contributed by atoms with Crippen LogP contribution in [0.4, 0.5) is 0 Å². The summed E-state index contributed by atoms with van der Waals surface area (Å²) in [4.78, 5) is 19.3. The molecule has 30 heavy (non-hydrogen) atoms. The fourth-order valence-electron chi connectivity index (χ4n) is 3.96. The molecule has 2 rings (SSSR count). The van der Waals surface area contributed by atoms with Crippen molar-refractivity contribution in [2.75, 3.05) is 19.6 Å². The van der Waals surface area contributed by atoms with Gasteiger partial charge in [0.2, 0.25) is 5.91 Å². The van der Waals surface area contributed by atoms with Gasteiger partial charge in [-0.1, -0.05) is 26.0 Å². The molecule has 1 aliphatic heterocycles. The van der Waals surface area contributed by atoms with Gasteiger partial charge in [0.25, 0.3) is 0 Å². The van der Waals surface area contributed by atoms with Crippen LogP contribution in [0, 0.1) is 19.8 Å². The molecule has 7 heteroatoms. The zero-order valence-corrected chi connectivity index (χ0v) is 21.5. The van der Waals surface area contributed by atoms with Crippen molar-refractivity contribution >= 4 is 35.8 Å². The fourth-order valence-corrected chi connectivity index (χ4v) is 3.96. The fraction of sp³-hybridized carbons (Fsp3) is 0.652. The largest absolute Gasteiger partial charge is 0.507 e. The third kappa shape index (κ3) is 7.32. The van der Waals surface area contributed by atoms with Crippen LogP contribution in [-0.4, -0.2) is 47.5 Å². The van der Waals surface area contributed by atoms with Crippen LogP contribution in [0.2, 0.25) is 0 Å². The topological polar surface area (TPSA) is 77.0 Å². The molecule has 1 heterocycles. The zero-order valence-electron chi connectivity index (χ0n) is 19.1. The average Bonchev–Trinajstić information content (AvgIpc) is 2.71. The standard InChI is InChI=1S/C23H38N4O2.HI/c1-6-19(7-2)22(29)27-11-9-20(10-12-27)26-23(24-8-3)25-15-18-13-16(4)21(28)17(5)14-18;/h13-14,19-20,28H,6-12,15H2,1-5H3,(H2,24,25,26);1H. The Hall–Kier alpha value is -1.51. The molecule has 6 nitrogen and oxygen atoms in total. The predicted octanol–water partition coefficient (Wildman–Crippen LogP) is 4.11. The second-order valence-corrected chi connectivity index (χ2v) is 8.03. The van der Waals surface area contributed by atoms with E-state index in [-0.39, 0.29) is 29.9 Å². The number of nitrogens with one attached hydrogen (secondary N) is 2. The van der Waals surface area contributed by atoms with Gasteiger partial charge in [0, 0.05) is 31.6 Å². The number of hydrogen-bond donors (Lipinski definition) is 3. The third-order valence-electron chi connectivity index (χ3n) is 5.80. The second kappa shape index (κ2) is 13.0. The number of aryl methyl sites for hydroxylation is 2. The van der Waals surface area contributed by atoms with Gasteiger partial charge in [-0.15, -0.1) is 24.0 Å². The minimum Gasteiger partial charge on any atom is -0.507 e. The lowest BCUT2D eigenvalue weighted by molar-refractivity contribution is -0.136. The van der Waals surface area contributed by atoms with Crippen molar-refractivity contribution in [2.45, 2.75) is 72.9 Å². The summed E-state index contributed by atoms with van der Waals surface area (Å²) in [6.07, 6.45) is 3.71. The summed E-state index contributed by atoms with van der Waals surface area (Å²) >= 11 is 0. The number of carbonyl (C=O) groups excluding carboxylic acids is 1. The molecule has 0 atom stereocenters. The van der Waals surface area contributed by atoms with Crippen molar-refractivity contribution in [2.24, 2.45) is 10.9 Å². The van der Waals surface area contributed by atoms with Gasteiger partial charge >= 0.3 is 0 Å². The van der Waals surface area contributed by atoms with Crippen molar-refractivity contribution < 1.29 is 9.90 Å². The van der Waals surface area contributed by atoms with E-state index in [0.717, 1.165) is 68.0 Å². The van der Waals surface area contributed by atoms with Crippen LogP contribution in [0.5, 0.6) is 5.75 Å². The molecule has 170 valence electrons. The molecule has 0 bridgehead atoms. The van der Waals surface area contributed by atoms with Crippen LogP contribution in [0.25, 0.3) is 0 Å². The monoisotopic (exact) mass is 530 g/mol. The maximum atomic E-state index is 12.6. The van der Waals surface area contributed by atoms with Gasteiger partial charge in [0.15, 0.2) is 5.96 Å². The number of guanidine groups is 1. The summed E-state index contributed by atoms with van der Waals surface area (Å²) in [6, 6.07) is 4.29. The highest BCUT2D eigenvalue weighted by molar-refractivity contribution is 14.0. The quantitative estimate of drug-likeness (QED) is 0.282. The number of hydrogen-bond acceptors (Lipinski definition) is 3. The van der Waals surface area contributed by atoms with Gasteiger partial charge in [-0.2, -0.15) is 0 Å². The molecule has 0 radical (unpaired) electrons. The van der Waals surface area contributed by atoms with Crippen LogP contribution < -0.4 is 10.6 Å². The Kier molecular flexibility index (Phi) is 11.5. The van der Waals surface area contributed by atoms with Gasteiger partial charge in [-0.3, -0.25) is 4.79 Å². The van der Waals surface area contributed by atoms with Crippen LogP contribution in [-0.2, 0) is 11.3 Å². The maximum absolute atomic E-state index is 12.6. The molecular weight excluding hydrogens is 491 g/mol. The number of phenolic OH excluding ortho intramolecular Hbond substituents is 1. The number of nitrogens with zero attached hydrogens (tertiary/aromatic N) is 2. The van der Waals surface area contributed by atoms with Crippen molar-refractivity contribution in [3.05, 3.63) is 28.8 Å². The van der Waals surface area contributed by atoms with E-state index in [9.17, 15) is 9.90 Å². The van der Waals surface area contributed by atoms with E-state index in [4.69, 9.17) is 4.99 Å². The van der Waals surface area contributed by atoms with E-state index < -0.39 is 0 Å². The number of aliphatic imine (C=N–C) groups is 1. The Morgan fingerprint density at radius 3 is 2.23 bits per heavy atom. The summed E-state index contributed by atoms with van der Waals surface area (Å²) in [5.41, 5.74) is 2.84. The number of halogens is 1. The van der Waals surface area contributed by atoms with Gasteiger partial charge in [0.05, 0.1) is 6.54 Å². The summed E-state index contributed by atoms with van der Waals surface area (Å²) in [5, 5.41) is 16.8. The van der Waals surface area contributed by atoms with E-state index in [2.05, 4.69) is 31.4 Å². The van der Waals surface area contributed by atoms with Gasteiger partial charge in [-0.25, -0.2) is 4.99 Å². The Morgan fingerprint density at radius 2 is 1.73 bits per heavy atom. The number of benzene rings is 1. The van der Waals surface area contributed by atoms with Crippen molar-refractivity contribution in [1.29, 1.82) is 0 Å². The van der Waals surface area contributed by atoms with Crippen LogP contribution in [0.1, 0.15) is 63.1 Å². The summed E-state index contributed by atoms with van der Waals surface area (Å²) in [5.74, 6) is 1.64. The SMILES string of the molecule is CCNC(=NCc1cc(C)c(O)c(C)c1)NC1CCN(C(=O)C(CC)CC)CC1.I. The number of likely N-dealkylation sites (tertiary alicyclic amines) is 1. The number of amides is 1. The smallest absolute Gasteiger partial charge is 0.225 e. The Balaban J connectivity index is 0.00000450. The molecule has 0 spiro atoms. The van der Waals surface area contributed by atoms with Crippen LogP contribution in [0.3, 0.4) is 0 Å². The second-order valence-electron chi connectivity index (χ2n) is 8.03. The molecule has 1 aliphatic rings. The van der Waals surface area contributed by atoms with E-state index in [0.29, 0.717) is 24.2 Å². The lowest BCUT2D eigenvalue weighted by Crippen LogP contribution is -2.50. The Morgan fingerprint density at radius 1 is 1.17 bits per heavy atom. The number of phenols is 1. The van der Waals surface area contributed by atoms with E-state index in [1.165, 1.54) is 0 Å². The average molecular weight is 530 g/mol. The highest BCUT2D eigenvalue weighted by atomic mass is 127.